The van der Waals surface area contributed by atoms with Crippen LogP contribution in [0.15, 0.2) is 42.7 Å². The maximum Gasteiger partial charge on any atom is 0.303 e. The van der Waals surface area contributed by atoms with Crippen LogP contribution in [0.4, 0.5) is 18.9 Å². The third kappa shape index (κ3) is 6.65. The molecule has 42 heavy (non-hydrogen) atoms. The van der Waals surface area contributed by atoms with Crippen LogP contribution >= 0.6 is 0 Å². The van der Waals surface area contributed by atoms with E-state index in [9.17, 15) is 26.4 Å². The van der Waals surface area contributed by atoms with Crippen LogP contribution in [0.25, 0.3) is 5.65 Å². The third-order valence-corrected chi connectivity index (χ3v) is 8.72. The summed E-state index contributed by atoms with van der Waals surface area (Å²) >= 11 is 0. The van der Waals surface area contributed by atoms with Crippen LogP contribution < -0.4 is 14.4 Å². The number of nitrogens with zero attached hydrogens (tertiary/aromatic N) is 4. The maximum atomic E-state index is 15.0. The molecule has 10 nitrogen and oxygen atoms in total. The predicted molar refractivity (Wildman–Crippen MR) is 150 cm³/mol. The molecule has 1 amide bonds. The van der Waals surface area contributed by atoms with Gasteiger partial charge in [-0.25, -0.2) is 22.9 Å². The molecule has 0 bridgehead atoms. The maximum absolute atomic E-state index is 15.0. The van der Waals surface area contributed by atoms with Gasteiger partial charge in [-0.2, -0.15) is 12.7 Å². The number of carbonyl (C=O) groups excluding carboxylic acids is 1. The summed E-state index contributed by atoms with van der Waals surface area (Å²) in [5, 5.41) is 0. The summed E-state index contributed by atoms with van der Waals surface area (Å²) in [5.41, 5.74) is -0.537. The average molecular weight is 610 g/mol. The first-order valence-corrected chi connectivity index (χ1v) is 15.1. The number of nitrogens with one attached hydrogen (secondary N) is 1. The number of anilines is 1. The molecule has 0 saturated carbocycles. The molecular formula is C28H34F3N5O5S. The summed E-state index contributed by atoms with van der Waals surface area (Å²) in [6.07, 6.45) is 2.94. The van der Waals surface area contributed by atoms with Gasteiger partial charge in [0, 0.05) is 51.2 Å². The molecule has 2 atom stereocenters. The van der Waals surface area contributed by atoms with E-state index >= 15 is 0 Å². The fraction of sp³-hybridized carbons (Fsp3) is 0.500. The van der Waals surface area contributed by atoms with E-state index in [-0.39, 0.29) is 24.8 Å². The zero-order valence-corrected chi connectivity index (χ0v) is 24.4. The van der Waals surface area contributed by atoms with Crippen LogP contribution in [0, 0.1) is 5.82 Å². The number of hydrogen-bond donors (Lipinski definition) is 1. The monoisotopic (exact) mass is 609 g/mol. The van der Waals surface area contributed by atoms with E-state index in [1.54, 1.807) is 29.3 Å². The second kappa shape index (κ2) is 11.7. The Hall–Kier alpha value is -3.36. The molecular weight excluding hydrogens is 575 g/mol. The lowest BCUT2D eigenvalue weighted by molar-refractivity contribution is 0.0250. The van der Waals surface area contributed by atoms with E-state index in [1.165, 1.54) is 36.6 Å². The molecule has 5 rings (SSSR count). The first-order valence-electron chi connectivity index (χ1n) is 13.7. The molecule has 2 aromatic heterocycles. The van der Waals surface area contributed by atoms with Crippen LogP contribution in [0.1, 0.15) is 55.2 Å². The summed E-state index contributed by atoms with van der Waals surface area (Å²) in [6, 6.07) is 6.99. The lowest BCUT2D eigenvalue weighted by Gasteiger charge is -2.30. The number of amides is 1. The van der Waals surface area contributed by atoms with Crippen LogP contribution in [0.3, 0.4) is 0 Å². The van der Waals surface area contributed by atoms with E-state index < -0.39 is 46.4 Å². The lowest BCUT2D eigenvalue weighted by atomic mass is 10.0. The fourth-order valence-corrected chi connectivity index (χ4v) is 6.37. The number of fused-ring (bicyclic) bond motifs is 1. The van der Waals surface area contributed by atoms with Crippen molar-refractivity contribution in [3.63, 3.8) is 0 Å². The largest absolute Gasteiger partial charge is 0.490 e. The van der Waals surface area contributed by atoms with Crippen molar-refractivity contribution in [2.45, 2.75) is 57.1 Å². The normalized spacial score (nSPS) is 20.4. The van der Waals surface area contributed by atoms with E-state index in [2.05, 4.69) is 4.98 Å². The summed E-state index contributed by atoms with van der Waals surface area (Å²) in [7, 11) is -3.19. The Kier molecular flexibility index (Phi) is 8.41. The minimum atomic E-state index is -4.35. The zero-order chi connectivity index (χ0) is 30.2. The van der Waals surface area contributed by atoms with Gasteiger partial charge < -0.3 is 14.4 Å². The van der Waals surface area contributed by atoms with Crippen LogP contribution in [-0.2, 0) is 14.9 Å². The molecule has 0 spiro atoms. The summed E-state index contributed by atoms with van der Waals surface area (Å²) in [6.45, 7) is 3.13. The highest BCUT2D eigenvalue weighted by Crippen LogP contribution is 2.42. The first-order chi connectivity index (χ1) is 19.8. The van der Waals surface area contributed by atoms with Crippen molar-refractivity contribution < 1.29 is 35.9 Å². The van der Waals surface area contributed by atoms with Crippen molar-refractivity contribution >= 4 is 27.5 Å². The molecule has 1 aromatic carbocycles. The first kappa shape index (κ1) is 30.1. The number of hydrogen-bond acceptors (Lipinski definition) is 7. The molecule has 228 valence electrons. The predicted octanol–water partition coefficient (Wildman–Crippen LogP) is 3.98. The van der Waals surface area contributed by atoms with E-state index in [1.807, 2.05) is 4.72 Å². The van der Waals surface area contributed by atoms with Gasteiger partial charge in [0.1, 0.15) is 40.9 Å². The number of ether oxygens (including phenoxy) is 2. The Labute approximate surface area is 242 Å². The Bertz CT molecular complexity index is 1550. The molecule has 14 heteroatoms. The van der Waals surface area contributed by atoms with Gasteiger partial charge in [0.25, 0.3) is 5.91 Å². The molecule has 3 aromatic rings. The number of carbonyl (C=O) groups is 1. The average Bonchev–Trinajstić information content (AvgIpc) is 3.52. The standard InChI is InChI=1S/C28H34F3N5O5S/c1-28(2,31)17-34(3)42(38,39)33-27(37)24-14-32-26-7-5-20(16-36(24)26)35-15-19(30)13-23(35)22-12-18(29)4-6-25(22)41-21-8-10-40-11-9-21/h4-7,12,14,16,19,21,23H,8-11,13,15,17H2,1-3H3,(H,33,37). The summed E-state index contributed by atoms with van der Waals surface area (Å²) in [4.78, 5) is 19.0. The van der Waals surface area contributed by atoms with Gasteiger partial charge in [0.15, 0.2) is 0 Å². The number of imidazole rings is 1. The SMILES string of the molecule is CN(CC(C)(C)F)S(=O)(=O)NC(=O)c1cnc2ccc(N3CC(F)CC3c3cc(F)ccc3OC3CCOCC3)cn12. The minimum absolute atomic E-state index is 0.0117. The van der Waals surface area contributed by atoms with Crippen LogP contribution in [-0.4, -0.2) is 79.3 Å². The number of benzene rings is 1. The van der Waals surface area contributed by atoms with Gasteiger partial charge >= 0.3 is 10.2 Å². The number of pyridine rings is 1. The second-order valence-electron chi connectivity index (χ2n) is 11.3. The molecule has 1 N–H and O–H groups in total. The van der Waals surface area contributed by atoms with Crippen LogP contribution in [0.2, 0.25) is 0 Å². The zero-order valence-electron chi connectivity index (χ0n) is 23.6. The molecule has 2 unspecified atom stereocenters. The Morgan fingerprint density at radius 2 is 1.98 bits per heavy atom. The quantitative estimate of drug-likeness (QED) is 0.392. The van der Waals surface area contributed by atoms with Crippen molar-refractivity contribution in [3.8, 4) is 5.75 Å². The Morgan fingerprint density at radius 3 is 2.69 bits per heavy atom. The summed E-state index contributed by atoms with van der Waals surface area (Å²) in [5.74, 6) is -0.971. The van der Waals surface area contributed by atoms with Gasteiger partial charge in [-0.1, -0.05) is 0 Å². The minimum Gasteiger partial charge on any atom is -0.490 e. The van der Waals surface area contributed by atoms with E-state index in [0.717, 1.165) is 11.4 Å². The third-order valence-electron chi connectivity index (χ3n) is 7.33. The highest BCUT2D eigenvalue weighted by Gasteiger charge is 2.36. The van der Waals surface area contributed by atoms with Gasteiger partial charge in [-0.3, -0.25) is 9.20 Å². The molecule has 0 radical (unpaired) electrons. The van der Waals surface area contributed by atoms with E-state index in [4.69, 9.17) is 9.47 Å². The number of rotatable bonds is 9. The lowest BCUT2D eigenvalue weighted by Crippen LogP contribution is -2.45. The Balaban J connectivity index is 1.43. The number of alkyl halides is 2. The van der Waals surface area contributed by atoms with Crippen molar-refractivity contribution in [1.82, 2.24) is 18.4 Å². The fourth-order valence-electron chi connectivity index (χ4n) is 5.39. The van der Waals surface area contributed by atoms with Crippen molar-refractivity contribution in [2.24, 2.45) is 0 Å². The van der Waals surface area contributed by atoms with Gasteiger partial charge in [-0.15, -0.1) is 0 Å². The molecule has 2 fully saturated rings. The van der Waals surface area contributed by atoms with Crippen molar-refractivity contribution in [3.05, 3.63) is 59.8 Å². The Morgan fingerprint density at radius 1 is 1.24 bits per heavy atom. The van der Waals surface area contributed by atoms with Crippen LogP contribution in [0.5, 0.6) is 5.75 Å². The molecule has 2 aliphatic heterocycles. The summed E-state index contributed by atoms with van der Waals surface area (Å²) < 4.78 is 84.5. The van der Waals surface area contributed by atoms with Gasteiger partial charge in [0.2, 0.25) is 0 Å². The van der Waals surface area contributed by atoms with Gasteiger partial charge in [-0.05, 0) is 44.2 Å². The highest BCUT2D eigenvalue weighted by atomic mass is 32.2. The topological polar surface area (TPSA) is 105 Å². The molecule has 0 aliphatic carbocycles. The van der Waals surface area contributed by atoms with E-state index in [0.29, 0.717) is 48.7 Å². The highest BCUT2D eigenvalue weighted by molar-refractivity contribution is 7.87. The smallest absolute Gasteiger partial charge is 0.303 e. The molecule has 2 saturated heterocycles. The number of aromatic nitrogens is 2. The molecule has 2 aliphatic rings. The van der Waals surface area contributed by atoms with Gasteiger partial charge in [0.05, 0.1) is 31.1 Å². The van der Waals surface area contributed by atoms with Crippen molar-refractivity contribution in [2.75, 3.05) is 38.3 Å². The molecule has 4 heterocycles. The second-order valence-corrected chi connectivity index (χ2v) is 13.1. The van der Waals surface area contributed by atoms with Crippen molar-refractivity contribution in [1.29, 1.82) is 0 Å². The number of halogens is 3.